The lowest BCUT2D eigenvalue weighted by Gasteiger charge is -2.42. The predicted molar refractivity (Wildman–Crippen MR) is 178 cm³/mol. The molecule has 4 aromatic rings. The van der Waals surface area contributed by atoms with E-state index < -0.39 is 5.97 Å². The number of nitrogens with zero attached hydrogens (tertiary/aromatic N) is 3. The van der Waals surface area contributed by atoms with Gasteiger partial charge < -0.3 is 20.1 Å². The highest BCUT2D eigenvalue weighted by Crippen LogP contribution is 2.39. The van der Waals surface area contributed by atoms with Gasteiger partial charge >= 0.3 is 5.97 Å². The number of aliphatic carboxylic acids is 1. The van der Waals surface area contributed by atoms with Crippen LogP contribution in [0.15, 0.2) is 48.0 Å². The Morgan fingerprint density at radius 3 is 2.71 bits per heavy atom. The summed E-state index contributed by atoms with van der Waals surface area (Å²) < 4.78 is 6.76. The van der Waals surface area contributed by atoms with Crippen molar-refractivity contribution in [2.45, 2.75) is 50.8 Å². The normalized spacial score (nSPS) is 18.8. The van der Waals surface area contributed by atoms with Crippen molar-refractivity contribution in [1.29, 1.82) is 0 Å². The van der Waals surface area contributed by atoms with Crippen molar-refractivity contribution in [3.8, 4) is 0 Å². The topological polar surface area (TPSA) is 112 Å². The highest BCUT2D eigenvalue weighted by molar-refractivity contribution is 7.17. The van der Waals surface area contributed by atoms with Gasteiger partial charge in [-0.1, -0.05) is 41.4 Å². The summed E-state index contributed by atoms with van der Waals surface area (Å²) >= 11 is 16.2. The van der Waals surface area contributed by atoms with Gasteiger partial charge in [0.2, 0.25) is 5.91 Å². The number of hydrogen-bond acceptors (Lipinski definition) is 8. The quantitative estimate of drug-likeness (QED) is 0.184. The summed E-state index contributed by atoms with van der Waals surface area (Å²) in [7, 11) is 0. The average Bonchev–Trinajstić information content (AvgIpc) is 3.74. The summed E-state index contributed by atoms with van der Waals surface area (Å²) in [5.41, 5.74) is 1.49. The summed E-state index contributed by atoms with van der Waals surface area (Å²) in [4.78, 5) is 47.8. The molecule has 2 atom stereocenters. The molecular weight excluding hydrogens is 655 g/mol. The Kier molecular flexibility index (Phi) is 9.74. The number of rotatable bonds is 11. The van der Waals surface area contributed by atoms with E-state index in [1.54, 1.807) is 18.3 Å². The van der Waals surface area contributed by atoms with Crippen molar-refractivity contribution in [1.82, 2.24) is 14.8 Å². The number of ether oxygens (including phenoxy) is 1. The van der Waals surface area contributed by atoms with Gasteiger partial charge in [0.05, 0.1) is 41.3 Å². The van der Waals surface area contributed by atoms with Crippen LogP contribution < -0.4 is 5.32 Å². The van der Waals surface area contributed by atoms with Crippen LogP contribution >= 0.6 is 45.9 Å². The lowest BCUT2D eigenvalue weighted by atomic mass is 10.1. The third-order valence-electron chi connectivity index (χ3n) is 8.29. The Balaban J connectivity index is 1.17. The predicted octanol–water partition coefficient (Wildman–Crippen LogP) is 6.54. The highest BCUT2D eigenvalue weighted by atomic mass is 35.5. The number of thiophene rings is 1. The number of aromatic nitrogens is 1. The van der Waals surface area contributed by atoms with Crippen LogP contribution in [0.1, 0.15) is 51.6 Å². The van der Waals surface area contributed by atoms with Gasteiger partial charge in [-0.05, 0) is 43.5 Å². The number of amides is 2. The molecule has 13 heteroatoms. The molecule has 0 spiro atoms. The van der Waals surface area contributed by atoms with Gasteiger partial charge in [0.1, 0.15) is 5.01 Å². The molecule has 0 aliphatic carbocycles. The molecule has 236 valence electrons. The number of carbonyl (C=O) groups is 3. The number of likely N-dealkylation sites (tertiary alicyclic amines) is 2. The Labute approximate surface area is 278 Å². The molecule has 4 heterocycles. The monoisotopic (exact) mass is 686 g/mol. The van der Waals surface area contributed by atoms with Gasteiger partial charge in [-0.25, -0.2) is 4.98 Å². The second kappa shape index (κ2) is 13.7. The molecule has 9 nitrogen and oxygen atoms in total. The van der Waals surface area contributed by atoms with Crippen molar-refractivity contribution in [3.63, 3.8) is 0 Å². The van der Waals surface area contributed by atoms with Crippen molar-refractivity contribution in [3.05, 3.63) is 79.0 Å². The van der Waals surface area contributed by atoms with Crippen LogP contribution in [0.4, 0.5) is 5.69 Å². The number of aryl methyl sites for hydroxylation is 1. The fraction of sp³-hybridized carbons (Fsp3) is 0.375. The molecule has 0 bridgehead atoms. The summed E-state index contributed by atoms with van der Waals surface area (Å²) in [6.07, 6.45) is 3.12. The third-order valence-corrected chi connectivity index (χ3v) is 11.1. The molecule has 0 saturated carbocycles. The Bertz CT molecular complexity index is 1740. The smallest absolute Gasteiger partial charge is 0.303 e. The third kappa shape index (κ3) is 7.03. The molecule has 2 fully saturated rings. The first kappa shape index (κ1) is 31.9. The van der Waals surface area contributed by atoms with Crippen LogP contribution in [0.5, 0.6) is 0 Å². The molecule has 2 aliphatic heterocycles. The standard InChI is InChI=1S/C32H32Cl2N4O5S2/c1-2-43-20-15-37(16-20)19-11-27(32-35-13-21(45-32)7-8-30(40)41)38(14-19)29(39)10-18-9-25(34)26(12-24(18)33)36-31(42)23-17-44-28-6-4-3-5-22(23)28/h3-6,9,12-13,17,19-20,27H,2,7-8,10-11,14-16H2,1H3,(H,36,42)(H,40,41)/t19-,27-/m0/s1. The van der Waals surface area contributed by atoms with Crippen LogP contribution in [-0.2, 0) is 27.2 Å². The van der Waals surface area contributed by atoms with Crippen LogP contribution in [-0.4, -0.2) is 76.1 Å². The summed E-state index contributed by atoms with van der Waals surface area (Å²) in [6.45, 7) is 4.85. The van der Waals surface area contributed by atoms with E-state index in [-0.39, 0.29) is 47.9 Å². The minimum atomic E-state index is -0.856. The first-order valence-electron chi connectivity index (χ1n) is 14.8. The molecule has 0 unspecified atom stereocenters. The number of nitrogens with one attached hydrogen (secondary N) is 1. The van der Waals surface area contributed by atoms with E-state index in [1.165, 1.54) is 22.7 Å². The summed E-state index contributed by atoms with van der Waals surface area (Å²) in [5, 5.41) is 16.1. The van der Waals surface area contributed by atoms with Crippen molar-refractivity contribution in [2.24, 2.45) is 0 Å². The zero-order chi connectivity index (χ0) is 31.7. The number of halogens is 2. The zero-order valence-corrected chi connectivity index (χ0v) is 27.6. The second-order valence-corrected chi connectivity index (χ2v) is 14.1. The van der Waals surface area contributed by atoms with Crippen molar-refractivity contribution >= 4 is 79.4 Å². The van der Waals surface area contributed by atoms with Crippen molar-refractivity contribution < 1.29 is 24.2 Å². The molecule has 2 aromatic carbocycles. The molecule has 0 radical (unpaired) electrons. The van der Waals surface area contributed by atoms with Crippen LogP contribution in [0.3, 0.4) is 0 Å². The fourth-order valence-corrected chi connectivity index (χ4v) is 8.39. The van der Waals surface area contributed by atoms with E-state index in [0.717, 1.165) is 39.5 Å². The Hall–Kier alpha value is -3.06. The molecule has 6 rings (SSSR count). The Morgan fingerprint density at radius 1 is 1.13 bits per heavy atom. The number of benzene rings is 2. The van der Waals surface area contributed by atoms with Crippen molar-refractivity contribution in [2.75, 3.05) is 31.6 Å². The number of anilines is 1. The largest absolute Gasteiger partial charge is 0.481 e. The number of carbonyl (C=O) groups excluding carboxylic acids is 2. The first-order chi connectivity index (χ1) is 21.7. The van der Waals surface area contributed by atoms with Gasteiger partial charge in [-0.3, -0.25) is 19.3 Å². The zero-order valence-electron chi connectivity index (χ0n) is 24.5. The Morgan fingerprint density at radius 2 is 1.93 bits per heavy atom. The SMILES string of the molecule is CCOC1CN([C@H]2C[C@@H](c3ncc(CCC(=O)O)s3)N(C(=O)Cc3cc(Cl)c(NC(=O)c4csc5ccccc45)cc3Cl)C2)C1. The number of fused-ring (bicyclic) bond motifs is 1. The van der Waals surface area contributed by atoms with Gasteiger partial charge in [-0.15, -0.1) is 22.7 Å². The molecule has 2 N–H and O–H groups in total. The van der Waals surface area contributed by atoms with Gasteiger partial charge in [0.25, 0.3) is 5.91 Å². The lowest BCUT2D eigenvalue weighted by molar-refractivity contribution is -0.137. The number of carboxylic acid groups (broad SMARTS) is 1. The average molecular weight is 688 g/mol. The number of thiazole rings is 1. The van der Waals surface area contributed by atoms with Gasteiger partial charge in [-0.2, -0.15) is 0 Å². The van der Waals surface area contributed by atoms with E-state index in [2.05, 4.69) is 15.2 Å². The fourth-order valence-electron chi connectivity index (χ4n) is 5.95. The molecule has 2 amide bonds. The molecule has 2 saturated heterocycles. The molecule has 45 heavy (non-hydrogen) atoms. The van der Waals surface area contributed by atoms with Crippen LogP contribution in [0.25, 0.3) is 10.1 Å². The summed E-state index contributed by atoms with van der Waals surface area (Å²) in [5.74, 6) is -1.25. The van der Waals surface area contributed by atoms with Gasteiger partial charge in [0, 0.05) is 63.8 Å². The molecule has 2 aromatic heterocycles. The molecular formula is C32H32Cl2N4O5S2. The second-order valence-electron chi connectivity index (χ2n) is 11.2. The minimum Gasteiger partial charge on any atom is -0.481 e. The van der Waals surface area contributed by atoms with E-state index in [4.69, 9.17) is 33.0 Å². The van der Waals surface area contributed by atoms with Crippen LogP contribution in [0, 0.1) is 0 Å². The number of carboxylic acids is 1. The minimum absolute atomic E-state index is 0.0315. The van der Waals surface area contributed by atoms with E-state index in [9.17, 15) is 14.4 Å². The highest BCUT2D eigenvalue weighted by Gasteiger charge is 2.43. The maximum atomic E-state index is 13.9. The van der Waals surface area contributed by atoms with Crippen LogP contribution in [0.2, 0.25) is 10.0 Å². The maximum Gasteiger partial charge on any atom is 0.303 e. The van der Waals surface area contributed by atoms with E-state index in [1.807, 2.05) is 41.5 Å². The maximum absolute atomic E-state index is 13.9. The summed E-state index contributed by atoms with van der Waals surface area (Å²) in [6, 6.07) is 10.9. The number of hydrogen-bond donors (Lipinski definition) is 2. The molecule has 2 aliphatic rings. The van der Waals surface area contributed by atoms with Gasteiger partial charge in [0.15, 0.2) is 0 Å². The first-order valence-corrected chi connectivity index (χ1v) is 17.2. The van der Waals surface area contributed by atoms with E-state index in [0.29, 0.717) is 41.4 Å². The lowest BCUT2D eigenvalue weighted by Crippen LogP contribution is -2.57. The van der Waals surface area contributed by atoms with E-state index >= 15 is 0 Å².